The van der Waals surface area contributed by atoms with Crippen LogP contribution in [0.5, 0.6) is 0 Å². The number of hydrogen-bond acceptors (Lipinski definition) is 4. The summed E-state index contributed by atoms with van der Waals surface area (Å²) in [6.45, 7) is 6.51. The van der Waals surface area contributed by atoms with E-state index >= 15 is 0 Å². The maximum Gasteiger partial charge on any atom is 0.412 e. The zero-order valence-electron chi connectivity index (χ0n) is 10.2. The Hall–Kier alpha value is -2.31. The fourth-order valence-corrected chi connectivity index (χ4v) is 1.08. The van der Waals surface area contributed by atoms with Crippen molar-refractivity contribution in [2.24, 2.45) is 0 Å². The molecule has 0 unspecified atom stereocenters. The Morgan fingerprint density at radius 1 is 1.67 bits per heavy atom. The first kappa shape index (κ1) is 13.8. The van der Waals surface area contributed by atoms with Gasteiger partial charge >= 0.3 is 12.1 Å². The van der Waals surface area contributed by atoms with Crippen molar-refractivity contribution < 1.29 is 19.4 Å². The van der Waals surface area contributed by atoms with E-state index < -0.39 is 17.6 Å². The van der Waals surface area contributed by atoms with Gasteiger partial charge < -0.3 is 9.84 Å². The van der Waals surface area contributed by atoms with Gasteiger partial charge in [-0.3, -0.25) is 10.00 Å². The number of carbonyl (C=O) groups excluding carboxylic acids is 1. The molecule has 2 N–H and O–H groups in total. The second kappa shape index (κ2) is 5.35. The average molecular weight is 253 g/mol. The molecule has 0 aliphatic rings. The van der Waals surface area contributed by atoms with E-state index in [0.717, 1.165) is 0 Å². The summed E-state index contributed by atoms with van der Waals surface area (Å²) in [5.41, 5.74) is -0.830. The number of nitrogens with one attached hydrogen (secondary N) is 1. The Bertz CT molecular complexity index is 465. The molecule has 0 saturated heterocycles. The quantitative estimate of drug-likeness (QED) is 0.774. The van der Waals surface area contributed by atoms with Gasteiger partial charge in [0, 0.05) is 6.20 Å². The maximum absolute atomic E-state index is 11.2. The Kier molecular flexibility index (Phi) is 4.09. The minimum Gasteiger partial charge on any atom is -0.479 e. The van der Waals surface area contributed by atoms with Gasteiger partial charge in [-0.25, -0.2) is 9.59 Å². The van der Waals surface area contributed by atoms with Crippen LogP contribution in [0.1, 0.15) is 13.8 Å². The van der Waals surface area contributed by atoms with E-state index in [2.05, 4.69) is 17.0 Å². The summed E-state index contributed by atoms with van der Waals surface area (Å²) in [4.78, 5) is 22.2. The van der Waals surface area contributed by atoms with Gasteiger partial charge in [0.25, 0.3) is 0 Å². The Balaban J connectivity index is 2.72. The summed E-state index contributed by atoms with van der Waals surface area (Å²) in [6.07, 6.45) is 3.56. The number of aromatic nitrogens is 2. The lowest BCUT2D eigenvalue weighted by Gasteiger charge is -2.19. The van der Waals surface area contributed by atoms with Gasteiger partial charge in [-0.05, 0) is 13.8 Å². The van der Waals surface area contributed by atoms with Crippen molar-refractivity contribution in [3.8, 4) is 0 Å². The van der Waals surface area contributed by atoms with Crippen molar-refractivity contribution in [3.05, 3.63) is 25.0 Å². The van der Waals surface area contributed by atoms with Gasteiger partial charge in [0.05, 0.1) is 11.9 Å². The third kappa shape index (κ3) is 3.09. The molecule has 98 valence electrons. The fraction of sp³-hybridized carbons (Fsp3) is 0.364. The molecular weight excluding hydrogens is 238 g/mol. The number of hydrogen-bond donors (Lipinski definition) is 2. The van der Waals surface area contributed by atoms with Gasteiger partial charge in [-0.15, -0.1) is 0 Å². The van der Waals surface area contributed by atoms with Crippen LogP contribution < -0.4 is 5.32 Å². The molecule has 1 amide bonds. The predicted octanol–water partition coefficient (Wildman–Crippen LogP) is 1.44. The van der Waals surface area contributed by atoms with Crippen LogP contribution in [0.25, 0.3) is 0 Å². The van der Waals surface area contributed by atoms with Crippen LogP contribution in [0.3, 0.4) is 0 Å². The van der Waals surface area contributed by atoms with E-state index in [0.29, 0.717) is 5.69 Å². The van der Waals surface area contributed by atoms with E-state index in [1.165, 1.54) is 37.0 Å². The van der Waals surface area contributed by atoms with E-state index in [1.54, 1.807) is 0 Å². The molecule has 0 aliphatic heterocycles. The molecule has 1 heterocycles. The third-order valence-corrected chi connectivity index (χ3v) is 2.26. The molecule has 0 atom stereocenters. The normalized spacial score (nSPS) is 10.8. The molecule has 0 fully saturated rings. The lowest BCUT2D eigenvalue weighted by molar-refractivity contribution is -0.146. The summed E-state index contributed by atoms with van der Waals surface area (Å²) >= 11 is 0. The van der Waals surface area contributed by atoms with E-state index in [1.807, 2.05) is 0 Å². The van der Waals surface area contributed by atoms with E-state index in [-0.39, 0.29) is 6.61 Å². The highest BCUT2D eigenvalue weighted by Gasteiger charge is 2.30. The summed E-state index contributed by atoms with van der Waals surface area (Å²) in [5, 5.41) is 15.3. The molecule has 0 spiro atoms. The van der Waals surface area contributed by atoms with Crippen LogP contribution in [0.4, 0.5) is 10.5 Å². The minimum absolute atomic E-state index is 0.0978. The minimum atomic E-state index is -1.19. The second-order valence-corrected chi connectivity index (χ2v) is 4.05. The summed E-state index contributed by atoms with van der Waals surface area (Å²) in [7, 11) is 0. The number of ether oxygens (including phenoxy) is 1. The summed E-state index contributed by atoms with van der Waals surface area (Å²) in [6, 6.07) is 0. The number of carboxylic acids is 1. The lowest BCUT2D eigenvalue weighted by atomic mass is 10.1. The Morgan fingerprint density at radius 2 is 2.33 bits per heavy atom. The third-order valence-electron chi connectivity index (χ3n) is 2.26. The van der Waals surface area contributed by atoms with Crippen LogP contribution in [-0.4, -0.2) is 33.6 Å². The summed E-state index contributed by atoms with van der Waals surface area (Å²) < 4.78 is 5.96. The molecule has 7 heteroatoms. The van der Waals surface area contributed by atoms with Crippen LogP contribution in [0, 0.1) is 0 Å². The van der Waals surface area contributed by atoms with Crippen LogP contribution in [-0.2, 0) is 15.1 Å². The summed E-state index contributed by atoms with van der Waals surface area (Å²) in [5.74, 6) is -1.02. The van der Waals surface area contributed by atoms with Gasteiger partial charge in [-0.1, -0.05) is 12.7 Å². The first-order chi connectivity index (χ1) is 8.37. The molecule has 7 nitrogen and oxygen atoms in total. The smallest absolute Gasteiger partial charge is 0.412 e. The monoisotopic (exact) mass is 253 g/mol. The number of nitrogens with zero attached hydrogens (tertiary/aromatic N) is 2. The molecule has 18 heavy (non-hydrogen) atoms. The standard InChI is InChI=1S/C11H15N3O4/c1-4-5-18-10(17)13-8-6-12-14(7-8)11(2,3)9(15)16/h4,6-7H,1,5H2,2-3H3,(H,13,17)(H,15,16). The first-order valence-corrected chi connectivity index (χ1v) is 5.21. The first-order valence-electron chi connectivity index (χ1n) is 5.21. The van der Waals surface area contributed by atoms with Crippen molar-refractivity contribution in [1.29, 1.82) is 0 Å². The lowest BCUT2D eigenvalue weighted by Crippen LogP contribution is -2.35. The molecule has 0 aliphatic carbocycles. The number of amides is 1. The van der Waals surface area contributed by atoms with Crippen molar-refractivity contribution in [2.45, 2.75) is 19.4 Å². The highest BCUT2D eigenvalue weighted by Crippen LogP contribution is 2.17. The second-order valence-electron chi connectivity index (χ2n) is 4.05. The number of rotatable bonds is 5. The van der Waals surface area contributed by atoms with Crippen molar-refractivity contribution in [2.75, 3.05) is 11.9 Å². The number of carbonyl (C=O) groups is 2. The van der Waals surface area contributed by atoms with Gasteiger partial charge in [-0.2, -0.15) is 5.10 Å². The SMILES string of the molecule is C=CCOC(=O)Nc1cnn(C(C)(C)C(=O)O)c1. The van der Waals surface area contributed by atoms with Crippen LogP contribution >= 0.6 is 0 Å². The van der Waals surface area contributed by atoms with Gasteiger partial charge in [0.15, 0.2) is 5.54 Å². The number of carboxylic acid groups (broad SMARTS) is 1. The predicted molar refractivity (Wildman–Crippen MR) is 64.4 cm³/mol. The van der Waals surface area contributed by atoms with E-state index in [4.69, 9.17) is 9.84 Å². The molecule has 1 aromatic rings. The fourth-order valence-electron chi connectivity index (χ4n) is 1.08. The molecule has 0 bridgehead atoms. The highest BCUT2D eigenvalue weighted by molar-refractivity contribution is 5.84. The molecule has 0 radical (unpaired) electrons. The average Bonchev–Trinajstić information content (AvgIpc) is 2.75. The van der Waals surface area contributed by atoms with E-state index in [9.17, 15) is 9.59 Å². The Labute approximate surface area is 104 Å². The molecule has 0 aromatic carbocycles. The zero-order chi connectivity index (χ0) is 13.8. The molecular formula is C11H15N3O4. The van der Waals surface area contributed by atoms with Crippen molar-refractivity contribution in [3.63, 3.8) is 0 Å². The maximum atomic E-state index is 11.2. The topological polar surface area (TPSA) is 93.5 Å². The van der Waals surface area contributed by atoms with Crippen LogP contribution in [0.2, 0.25) is 0 Å². The van der Waals surface area contributed by atoms with Gasteiger partial charge in [0.1, 0.15) is 6.61 Å². The highest BCUT2D eigenvalue weighted by atomic mass is 16.5. The molecule has 0 saturated carbocycles. The zero-order valence-corrected chi connectivity index (χ0v) is 10.2. The Morgan fingerprint density at radius 3 is 2.89 bits per heavy atom. The van der Waals surface area contributed by atoms with Crippen molar-refractivity contribution >= 4 is 17.7 Å². The van der Waals surface area contributed by atoms with Gasteiger partial charge in [0.2, 0.25) is 0 Å². The van der Waals surface area contributed by atoms with Crippen LogP contribution in [0.15, 0.2) is 25.0 Å². The molecule has 1 rings (SSSR count). The molecule has 1 aromatic heterocycles. The number of aliphatic carboxylic acids is 1. The number of anilines is 1. The van der Waals surface area contributed by atoms with Crippen molar-refractivity contribution in [1.82, 2.24) is 9.78 Å². The largest absolute Gasteiger partial charge is 0.479 e.